The Hall–Kier alpha value is -3.95. The van der Waals surface area contributed by atoms with E-state index < -0.39 is 28.5 Å². The smallest absolute Gasteiger partial charge is 0.264 e. The van der Waals surface area contributed by atoms with Crippen molar-refractivity contribution in [3.8, 4) is 0 Å². The van der Waals surface area contributed by atoms with E-state index in [2.05, 4.69) is 21.2 Å². The van der Waals surface area contributed by atoms with Gasteiger partial charge < -0.3 is 10.2 Å². The second-order valence-corrected chi connectivity index (χ2v) is 13.2. The molecule has 43 heavy (non-hydrogen) atoms. The van der Waals surface area contributed by atoms with Crippen molar-refractivity contribution < 1.29 is 18.0 Å². The van der Waals surface area contributed by atoms with Gasteiger partial charge in [0.1, 0.15) is 12.6 Å². The largest absolute Gasteiger partial charge is 0.355 e. The molecular weight excluding hydrogens is 626 g/mol. The van der Waals surface area contributed by atoms with Gasteiger partial charge >= 0.3 is 0 Å². The zero-order chi connectivity index (χ0) is 31.0. The Balaban J connectivity index is 1.79. The first-order valence-corrected chi connectivity index (χ1v) is 16.3. The molecule has 224 valence electrons. The summed E-state index contributed by atoms with van der Waals surface area (Å²) >= 11 is 3.50. The molecular formula is C34H36BrN3O4S. The SMILES string of the molecule is CCNC(=O)[C@@H](Cc1ccccc1)N(Cc1cccc(Br)c1)C(=O)CN(c1ccc(C)cc1)S(=O)(=O)c1ccc(C)cc1. The predicted molar refractivity (Wildman–Crippen MR) is 174 cm³/mol. The molecule has 0 bridgehead atoms. The minimum Gasteiger partial charge on any atom is -0.355 e. The number of hydrogen-bond acceptors (Lipinski definition) is 4. The van der Waals surface area contributed by atoms with Crippen LogP contribution in [0.1, 0.15) is 29.2 Å². The van der Waals surface area contributed by atoms with Gasteiger partial charge in [0, 0.05) is 24.0 Å². The fourth-order valence-corrected chi connectivity index (χ4v) is 6.62. The van der Waals surface area contributed by atoms with Crippen LogP contribution < -0.4 is 9.62 Å². The number of hydrogen-bond donors (Lipinski definition) is 1. The standard InChI is InChI=1S/C34H36BrN3O4S/c1-4-36-34(40)32(22-27-9-6-5-7-10-27)37(23-28-11-8-12-29(35)21-28)33(39)24-38(30-17-13-25(2)14-18-30)43(41,42)31-19-15-26(3)16-20-31/h5-21,32H,4,22-24H2,1-3H3,(H,36,40)/t32-/m1/s1. The maximum atomic E-state index is 14.4. The first kappa shape index (κ1) is 32.0. The summed E-state index contributed by atoms with van der Waals surface area (Å²) in [4.78, 5) is 29.5. The quantitative estimate of drug-likeness (QED) is 0.201. The topological polar surface area (TPSA) is 86.8 Å². The molecule has 4 rings (SSSR count). The van der Waals surface area contributed by atoms with E-state index in [9.17, 15) is 18.0 Å². The number of nitrogens with one attached hydrogen (secondary N) is 1. The molecule has 9 heteroatoms. The molecule has 0 aliphatic carbocycles. The molecule has 0 radical (unpaired) electrons. The van der Waals surface area contributed by atoms with Crippen LogP contribution >= 0.6 is 15.9 Å². The number of likely N-dealkylation sites (N-methyl/N-ethyl adjacent to an activating group) is 1. The number of sulfonamides is 1. The van der Waals surface area contributed by atoms with Gasteiger partial charge in [0.15, 0.2) is 0 Å². The average Bonchev–Trinajstić information content (AvgIpc) is 2.99. The van der Waals surface area contributed by atoms with Crippen molar-refractivity contribution in [3.63, 3.8) is 0 Å². The Morgan fingerprint density at radius 2 is 1.42 bits per heavy atom. The van der Waals surface area contributed by atoms with Crippen LogP contribution in [-0.2, 0) is 32.6 Å². The van der Waals surface area contributed by atoms with Crippen molar-refractivity contribution in [3.05, 3.63) is 130 Å². The molecule has 0 unspecified atom stereocenters. The monoisotopic (exact) mass is 661 g/mol. The van der Waals surface area contributed by atoms with E-state index >= 15 is 0 Å². The summed E-state index contributed by atoms with van der Waals surface area (Å²) in [5, 5.41) is 2.88. The van der Waals surface area contributed by atoms with Crippen LogP contribution in [0.2, 0.25) is 0 Å². The van der Waals surface area contributed by atoms with Crippen molar-refractivity contribution in [2.45, 2.75) is 44.7 Å². The highest BCUT2D eigenvalue weighted by Gasteiger charge is 2.34. The van der Waals surface area contributed by atoms with Gasteiger partial charge in [-0.15, -0.1) is 0 Å². The lowest BCUT2D eigenvalue weighted by molar-refractivity contribution is -0.140. The van der Waals surface area contributed by atoms with E-state index in [0.717, 1.165) is 31.0 Å². The molecule has 1 N–H and O–H groups in total. The molecule has 0 aliphatic heterocycles. The summed E-state index contributed by atoms with van der Waals surface area (Å²) in [6.07, 6.45) is 0.266. The Morgan fingerprint density at radius 1 is 0.814 bits per heavy atom. The van der Waals surface area contributed by atoms with E-state index in [-0.39, 0.29) is 23.8 Å². The van der Waals surface area contributed by atoms with Crippen LogP contribution in [0, 0.1) is 13.8 Å². The molecule has 0 fully saturated rings. The molecule has 0 spiro atoms. The summed E-state index contributed by atoms with van der Waals surface area (Å²) in [6, 6.07) is 29.7. The maximum absolute atomic E-state index is 14.4. The fourth-order valence-electron chi connectivity index (χ4n) is 4.76. The molecule has 4 aromatic carbocycles. The normalized spacial score (nSPS) is 11.9. The number of nitrogens with zero attached hydrogens (tertiary/aromatic N) is 2. The van der Waals surface area contributed by atoms with E-state index in [4.69, 9.17) is 0 Å². The van der Waals surface area contributed by atoms with Crippen LogP contribution in [0.15, 0.2) is 112 Å². The van der Waals surface area contributed by atoms with Crippen molar-refractivity contribution in [1.82, 2.24) is 10.2 Å². The molecule has 2 amide bonds. The Labute approximate surface area is 262 Å². The number of benzene rings is 4. The van der Waals surface area contributed by atoms with Gasteiger partial charge in [0.2, 0.25) is 11.8 Å². The number of anilines is 1. The second-order valence-electron chi connectivity index (χ2n) is 10.4. The third kappa shape index (κ3) is 8.33. The van der Waals surface area contributed by atoms with Crippen molar-refractivity contribution in [1.29, 1.82) is 0 Å². The number of aryl methyl sites for hydroxylation is 2. The molecule has 0 aliphatic rings. The third-order valence-electron chi connectivity index (χ3n) is 7.07. The highest BCUT2D eigenvalue weighted by Crippen LogP contribution is 2.26. The van der Waals surface area contributed by atoms with Gasteiger partial charge in [0.25, 0.3) is 10.0 Å². The van der Waals surface area contributed by atoms with E-state index in [1.165, 1.54) is 4.90 Å². The Morgan fingerprint density at radius 3 is 2.02 bits per heavy atom. The van der Waals surface area contributed by atoms with Crippen LogP contribution in [-0.4, -0.2) is 44.3 Å². The van der Waals surface area contributed by atoms with Gasteiger partial charge in [0.05, 0.1) is 10.6 Å². The second kappa shape index (κ2) is 14.5. The molecule has 0 heterocycles. The van der Waals surface area contributed by atoms with Crippen LogP contribution in [0.25, 0.3) is 0 Å². The first-order valence-electron chi connectivity index (χ1n) is 14.1. The van der Waals surface area contributed by atoms with E-state index in [1.807, 2.05) is 87.5 Å². The van der Waals surface area contributed by atoms with Crippen molar-refractivity contribution in [2.24, 2.45) is 0 Å². The van der Waals surface area contributed by atoms with Crippen LogP contribution in [0.5, 0.6) is 0 Å². The van der Waals surface area contributed by atoms with Crippen molar-refractivity contribution in [2.75, 3.05) is 17.4 Å². The van der Waals surface area contributed by atoms with Gasteiger partial charge in [-0.3, -0.25) is 13.9 Å². The highest BCUT2D eigenvalue weighted by atomic mass is 79.9. The summed E-state index contributed by atoms with van der Waals surface area (Å²) in [7, 11) is -4.13. The highest BCUT2D eigenvalue weighted by molar-refractivity contribution is 9.10. The summed E-state index contributed by atoms with van der Waals surface area (Å²) in [5.41, 5.74) is 3.92. The minimum atomic E-state index is -4.13. The number of carbonyl (C=O) groups is 2. The minimum absolute atomic E-state index is 0.0783. The number of rotatable bonds is 12. The van der Waals surface area contributed by atoms with Gasteiger partial charge in [-0.05, 0) is 68.3 Å². The van der Waals surface area contributed by atoms with E-state index in [1.54, 1.807) is 36.4 Å². The molecule has 0 saturated heterocycles. The number of halogens is 1. The third-order valence-corrected chi connectivity index (χ3v) is 9.36. The number of carbonyl (C=O) groups excluding carboxylic acids is 2. The molecule has 1 atom stereocenters. The molecule has 4 aromatic rings. The molecule has 0 saturated carbocycles. The molecule has 7 nitrogen and oxygen atoms in total. The Bertz CT molecular complexity index is 1640. The summed E-state index contributed by atoms with van der Waals surface area (Å²) in [6.45, 7) is 5.63. The predicted octanol–water partition coefficient (Wildman–Crippen LogP) is 6.04. The average molecular weight is 663 g/mol. The summed E-state index contributed by atoms with van der Waals surface area (Å²) < 4.78 is 30.1. The van der Waals surface area contributed by atoms with Gasteiger partial charge in [-0.1, -0.05) is 93.8 Å². The lowest BCUT2D eigenvalue weighted by atomic mass is 10.0. The lowest BCUT2D eigenvalue weighted by Crippen LogP contribution is -2.53. The zero-order valence-electron chi connectivity index (χ0n) is 24.5. The zero-order valence-corrected chi connectivity index (χ0v) is 26.9. The maximum Gasteiger partial charge on any atom is 0.264 e. The Kier molecular flexibility index (Phi) is 10.8. The van der Waals surface area contributed by atoms with E-state index in [0.29, 0.717) is 12.2 Å². The number of amides is 2. The van der Waals surface area contributed by atoms with Crippen molar-refractivity contribution >= 4 is 43.5 Å². The van der Waals surface area contributed by atoms with Gasteiger partial charge in [-0.2, -0.15) is 0 Å². The van der Waals surface area contributed by atoms with Gasteiger partial charge in [-0.25, -0.2) is 8.42 Å². The van der Waals surface area contributed by atoms with Crippen LogP contribution in [0.4, 0.5) is 5.69 Å². The fraction of sp³-hybridized carbons (Fsp3) is 0.235. The first-order chi connectivity index (χ1) is 20.6. The lowest BCUT2D eigenvalue weighted by Gasteiger charge is -2.34. The molecule has 0 aromatic heterocycles. The summed E-state index contributed by atoms with van der Waals surface area (Å²) in [5.74, 6) is -0.804. The van der Waals surface area contributed by atoms with Crippen LogP contribution in [0.3, 0.4) is 0 Å².